The van der Waals surface area contributed by atoms with Crippen molar-refractivity contribution in [2.75, 3.05) is 26.7 Å². The first kappa shape index (κ1) is 19.5. The Hall–Kier alpha value is -2.49. The smallest absolute Gasteiger partial charge is 0.254 e. The molecule has 4 heterocycles. The monoisotopic (exact) mass is 429 g/mol. The molecule has 3 fully saturated rings. The molecule has 2 aromatic rings. The molecule has 2 bridgehead atoms. The van der Waals surface area contributed by atoms with Crippen molar-refractivity contribution >= 4 is 15.9 Å². The fourth-order valence-electron chi connectivity index (χ4n) is 4.90. The van der Waals surface area contributed by atoms with Crippen LogP contribution in [0.5, 0.6) is 5.75 Å². The number of methoxy groups -OCH3 is 1. The van der Waals surface area contributed by atoms with Gasteiger partial charge in [-0.2, -0.15) is 4.31 Å². The minimum absolute atomic E-state index is 0.116. The van der Waals surface area contributed by atoms with Crippen LogP contribution in [-0.4, -0.2) is 72.2 Å². The number of carbonyl (C=O) groups excluding carboxylic acids is 1. The van der Waals surface area contributed by atoms with Crippen LogP contribution >= 0.6 is 0 Å². The van der Waals surface area contributed by atoms with Gasteiger partial charge in [-0.15, -0.1) is 0 Å². The third-order valence-electron chi connectivity index (χ3n) is 6.22. The number of carbonyl (C=O) groups is 1. The molecule has 5 rings (SSSR count). The molecule has 9 heteroatoms. The molecular weight excluding hydrogens is 406 g/mol. The predicted molar refractivity (Wildman–Crippen MR) is 108 cm³/mol. The van der Waals surface area contributed by atoms with Crippen molar-refractivity contribution in [3.05, 3.63) is 59.9 Å². The van der Waals surface area contributed by atoms with Crippen LogP contribution in [0.2, 0.25) is 0 Å². The molecule has 1 aromatic carbocycles. The van der Waals surface area contributed by atoms with Crippen molar-refractivity contribution in [1.82, 2.24) is 14.2 Å². The molecule has 0 saturated carbocycles. The van der Waals surface area contributed by atoms with Crippen LogP contribution in [0.3, 0.4) is 0 Å². The number of sulfonamides is 1. The van der Waals surface area contributed by atoms with Crippen LogP contribution in [-0.2, 0) is 21.3 Å². The number of benzene rings is 1. The molecule has 8 nitrogen and oxygen atoms in total. The first-order valence-corrected chi connectivity index (χ1v) is 11.4. The highest BCUT2D eigenvalue weighted by Crippen LogP contribution is 2.47. The Balaban J connectivity index is 1.40. The molecule has 0 unspecified atom stereocenters. The molecule has 3 aliphatic rings. The highest BCUT2D eigenvalue weighted by Gasteiger charge is 2.65. The summed E-state index contributed by atoms with van der Waals surface area (Å²) in [6.07, 6.45) is 3.32. The maximum absolute atomic E-state index is 13.3. The molecule has 3 saturated heterocycles. The molecule has 0 aliphatic carbocycles. The van der Waals surface area contributed by atoms with Crippen LogP contribution in [0, 0.1) is 0 Å². The summed E-state index contributed by atoms with van der Waals surface area (Å²) in [6, 6.07) is 10.7. The maximum Gasteiger partial charge on any atom is 0.254 e. The summed E-state index contributed by atoms with van der Waals surface area (Å²) in [5, 5.41) is -0.629. The summed E-state index contributed by atoms with van der Waals surface area (Å²) < 4.78 is 39.6. The van der Waals surface area contributed by atoms with E-state index in [1.165, 1.54) is 4.31 Å². The minimum Gasteiger partial charge on any atom is -0.497 e. The van der Waals surface area contributed by atoms with Gasteiger partial charge >= 0.3 is 0 Å². The van der Waals surface area contributed by atoms with E-state index < -0.39 is 20.9 Å². The van der Waals surface area contributed by atoms with Gasteiger partial charge in [-0.3, -0.25) is 9.78 Å². The second kappa shape index (κ2) is 7.04. The van der Waals surface area contributed by atoms with Crippen LogP contribution in [0.15, 0.2) is 48.8 Å². The van der Waals surface area contributed by atoms with E-state index in [-0.39, 0.29) is 31.6 Å². The normalized spacial score (nSPS) is 29.6. The van der Waals surface area contributed by atoms with Gasteiger partial charge in [0.25, 0.3) is 5.91 Å². The van der Waals surface area contributed by atoms with Gasteiger partial charge in [0.05, 0.1) is 19.8 Å². The zero-order valence-electron chi connectivity index (χ0n) is 16.6. The highest BCUT2D eigenvalue weighted by atomic mass is 32.2. The van der Waals surface area contributed by atoms with Crippen LogP contribution < -0.4 is 4.74 Å². The van der Waals surface area contributed by atoms with Crippen molar-refractivity contribution in [2.24, 2.45) is 0 Å². The lowest BCUT2D eigenvalue weighted by Gasteiger charge is -2.39. The van der Waals surface area contributed by atoms with Crippen molar-refractivity contribution in [3.8, 4) is 5.75 Å². The molecule has 1 aromatic heterocycles. The summed E-state index contributed by atoms with van der Waals surface area (Å²) in [5.74, 6) is 0.569. The number of rotatable bonds is 4. The fraction of sp³-hybridized carbons (Fsp3) is 0.429. The van der Waals surface area contributed by atoms with Crippen molar-refractivity contribution in [3.63, 3.8) is 0 Å². The fourth-order valence-corrected chi connectivity index (χ4v) is 7.19. The first-order valence-electron chi connectivity index (χ1n) is 9.90. The van der Waals surface area contributed by atoms with Gasteiger partial charge in [0, 0.05) is 37.6 Å². The second-order valence-corrected chi connectivity index (χ2v) is 10.2. The van der Waals surface area contributed by atoms with Gasteiger partial charge in [-0.1, -0.05) is 12.1 Å². The zero-order valence-corrected chi connectivity index (χ0v) is 17.4. The van der Waals surface area contributed by atoms with Gasteiger partial charge in [0.1, 0.15) is 16.6 Å². The average molecular weight is 429 g/mol. The van der Waals surface area contributed by atoms with Crippen molar-refractivity contribution in [2.45, 2.75) is 29.9 Å². The number of amides is 1. The van der Waals surface area contributed by atoms with Gasteiger partial charge in [-0.05, 0) is 36.2 Å². The van der Waals surface area contributed by atoms with Crippen LogP contribution in [0.1, 0.15) is 22.3 Å². The van der Waals surface area contributed by atoms with E-state index in [1.54, 1.807) is 36.5 Å². The second-order valence-electron chi connectivity index (χ2n) is 8.12. The molecule has 3 aliphatic heterocycles. The van der Waals surface area contributed by atoms with Crippen LogP contribution in [0.25, 0.3) is 0 Å². The minimum atomic E-state index is -3.54. The largest absolute Gasteiger partial charge is 0.497 e. The van der Waals surface area contributed by atoms with Gasteiger partial charge in [0.2, 0.25) is 10.0 Å². The number of pyridine rings is 1. The molecule has 0 radical (unpaired) electrons. The number of likely N-dealkylation sites (tertiary alicyclic amines) is 1. The maximum atomic E-state index is 13.3. The van der Waals surface area contributed by atoms with E-state index in [2.05, 4.69) is 4.98 Å². The molecule has 1 amide bonds. The van der Waals surface area contributed by atoms with E-state index in [0.29, 0.717) is 24.3 Å². The van der Waals surface area contributed by atoms with Gasteiger partial charge in [0.15, 0.2) is 0 Å². The van der Waals surface area contributed by atoms with Crippen molar-refractivity contribution < 1.29 is 22.7 Å². The quantitative estimate of drug-likeness (QED) is 0.728. The van der Waals surface area contributed by atoms with E-state index >= 15 is 0 Å². The zero-order chi connectivity index (χ0) is 20.9. The topological polar surface area (TPSA) is 89.0 Å². The number of fused-ring (bicyclic) bond motifs is 1. The standard InChI is InChI=1S/C21H23N3O5S/c1-28-17-4-2-3-15(9-17)11-24-14-21-13-23(20(25)16-5-7-22-8-6-16)12-18(29-21)10-19(21)30(24,26)27/h2-9,18-19H,10-14H2,1H3/t18-,19+,21+/m1/s1. The number of nitrogens with zero attached hydrogens (tertiary/aromatic N) is 3. The summed E-state index contributed by atoms with van der Waals surface area (Å²) >= 11 is 0. The molecular formula is C21H23N3O5S. The summed E-state index contributed by atoms with van der Waals surface area (Å²) in [7, 11) is -1.96. The van der Waals surface area contributed by atoms with E-state index in [9.17, 15) is 13.2 Å². The third-order valence-corrected chi connectivity index (χ3v) is 8.54. The molecule has 3 atom stereocenters. The van der Waals surface area contributed by atoms with E-state index in [0.717, 1.165) is 5.56 Å². The Labute approximate surface area is 175 Å². The molecule has 30 heavy (non-hydrogen) atoms. The Morgan fingerprint density at radius 3 is 2.83 bits per heavy atom. The number of morpholine rings is 1. The number of hydrogen-bond donors (Lipinski definition) is 0. The third kappa shape index (κ3) is 3.08. The molecule has 158 valence electrons. The Morgan fingerprint density at radius 2 is 2.07 bits per heavy atom. The summed E-state index contributed by atoms with van der Waals surface area (Å²) in [6.45, 7) is 1.17. The highest BCUT2D eigenvalue weighted by molar-refractivity contribution is 7.90. The van der Waals surface area contributed by atoms with E-state index in [1.807, 2.05) is 24.3 Å². The number of ether oxygens (including phenoxy) is 2. The van der Waals surface area contributed by atoms with Crippen molar-refractivity contribution in [1.29, 1.82) is 0 Å². The SMILES string of the molecule is COc1cccc(CN2C[C@@]34CN(C(=O)c5ccncc5)C[C@@H](C[C@@H]3S2(=O)=O)O4)c1. The number of hydrogen-bond acceptors (Lipinski definition) is 6. The lowest BCUT2D eigenvalue weighted by Crippen LogP contribution is -2.56. The van der Waals surface area contributed by atoms with Crippen LogP contribution in [0.4, 0.5) is 0 Å². The molecule has 0 N–H and O–H groups in total. The lowest BCUT2D eigenvalue weighted by atomic mass is 9.99. The Kier molecular flexibility index (Phi) is 4.57. The Morgan fingerprint density at radius 1 is 1.27 bits per heavy atom. The average Bonchev–Trinajstić information content (AvgIpc) is 3.13. The summed E-state index contributed by atoms with van der Waals surface area (Å²) in [4.78, 5) is 18.7. The first-order chi connectivity index (χ1) is 14.4. The van der Waals surface area contributed by atoms with Gasteiger partial charge < -0.3 is 14.4 Å². The Bertz CT molecular complexity index is 1080. The predicted octanol–water partition coefficient (Wildman–Crippen LogP) is 1.29. The van der Waals surface area contributed by atoms with E-state index in [4.69, 9.17) is 9.47 Å². The number of aromatic nitrogens is 1. The summed E-state index contributed by atoms with van der Waals surface area (Å²) in [5.41, 5.74) is 0.517. The lowest BCUT2D eigenvalue weighted by molar-refractivity contribution is -0.0980. The molecule has 1 spiro atoms. The van der Waals surface area contributed by atoms with Gasteiger partial charge in [-0.25, -0.2) is 8.42 Å².